The number of hydrogen-bond acceptors (Lipinski definition) is 5. The molecule has 0 rings (SSSR count). The largest absolute Gasteiger partial charge is 0.465 e. The van der Waals surface area contributed by atoms with Crippen LogP contribution in [0.4, 0.5) is 0 Å². The van der Waals surface area contributed by atoms with Gasteiger partial charge in [-0.3, -0.25) is 9.59 Å². The van der Waals surface area contributed by atoms with Crippen LogP contribution in [0, 0.1) is 17.8 Å². The third-order valence-electron chi connectivity index (χ3n) is 4.85. The van der Waals surface area contributed by atoms with E-state index >= 15 is 0 Å². The van der Waals surface area contributed by atoms with Crippen LogP contribution in [0.3, 0.4) is 0 Å². The molecule has 0 amide bonds. The second-order valence-electron chi connectivity index (χ2n) is 9.04. The monoisotopic (exact) mass is 412 g/mol. The van der Waals surface area contributed by atoms with E-state index in [9.17, 15) is 14.4 Å². The molecule has 0 saturated carbocycles. The van der Waals surface area contributed by atoms with Crippen LogP contribution >= 0.6 is 0 Å². The van der Waals surface area contributed by atoms with E-state index in [2.05, 4.69) is 13.8 Å². The molecular formula is C24H44O5. The van der Waals surface area contributed by atoms with Crippen molar-refractivity contribution < 1.29 is 23.9 Å². The predicted octanol–water partition coefficient (Wildman–Crippen LogP) is 5.88. The standard InChI is InChI=1S/C24H44O5/c1-19(2)15-16-28-24(27)22(17-23(26)29-18-20(3)4)14-12-10-8-6-7-9-11-13-21(5)25/h19-20,22H,6-18H2,1-5H3. The minimum atomic E-state index is -0.405. The SMILES string of the molecule is CC(=O)CCCCCCCCCC(CC(=O)OCC(C)C)C(=O)OCCC(C)C. The maximum Gasteiger partial charge on any atom is 0.309 e. The number of rotatable bonds is 18. The number of carbonyl (C=O) groups excluding carboxylic acids is 3. The van der Waals surface area contributed by atoms with Crippen LogP contribution in [0.15, 0.2) is 0 Å². The lowest BCUT2D eigenvalue weighted by molar-refractivity contribution is -0.156. The highest BCUT2D eigenvalue weighted by atomic mass is 16.5. The van der Waals surface area contributed by atoms with Crippen molar-refractivity contribution in [2.75, 3.05) is 13.2 Å². The molecule has 0 aliphatic rings. The Morgan fingerprint density at radius 3 is 1.86 bits per heavy atom. The highest BCUT2D eigenvalue weighted by molar-refractivity contribution is 5.80. The van der Waals surface area contributed by atoms with Gasteiger partial charge in [0.1, 0.15) is 5.78 Å². The Hall–Kier alpha value is -1.39. The summed E-state index contributed by atoms with van der Waals surface area (Å²) in [4.78, 5) is 35.4. The van der Waals surface area contributed by atoms with Crippen molar-refractivity contribution in [3.63, 3.8) is 0 Å². The Kier molecular flexibility index (Phi) is 16.6. The Morgan fingerprint density at radius 2 is 1.31 bits per heavy atom. The molecule has 0 aliphatic carbocycles. The summed E-state index contributed by atoms with van der Waals surface area (Å²) in [6, 6.07) is 0. The zero-order chi connectivity index (χ0) is 22.1. The fourth-order valence-corrected chi connectivity index (χ4v) is 2.98. The van der Waals surface area contributed by atoms with Crippen LogP contribution in [-0.4, -0.2) is 30.9 Å². The molecule has 0 aromatic heterocycles. The van der Waals surface area contributed by atoms with Crippen LogP contribution < -0.4 is 0 Å². The summed E-state index contributed by atoms with van der Waals surface area (Å²) in [5.74, 6) is 0.0468. The molecule has 0 saturated heterocycles. The van der Waals surface area contributed by atoms with Gasteiger partial charge in [-0.2, -0.15) is 0 Å². The second kappa shape index (κ2) is 17.5. The number of esters is 2. The summed E-state index contributed by atoms with van der Waals surface area (Å²) in [5, 5.41) is 0. The van der Waals surface area contributed by atoms with Gasteiger partial charge in [0.15, 0.2) is 0 Å². The fraction of sp³-hybridized carbons (Fsp3) is 0.875. The Labute approximate surface area is 178 Å². The van der Waals surface area contributed by atoms with E-state index in [1.54, 1.807) is 6.92 Å². The lowest BCUT2D eigenvalue weighted by Crippen LogP contribution is -2.23. The van der Waals surface area contributed by atoms with Crippen LogP contribution in [0.5, 0.6) is 0 Å². The van der Waals surface area contributed by atoms with Crippen molar-refractivity contribution in [3.05, 3.63) is 0 Å². The Morgan fingerprint density at radius 1 is 0.724 bits per heavy atom. The highest BCUT2D eigenvalue weighted by Gasteiger charge is 2.24. The zero-order valence-corrected chi connectivity index (χ0v) is 19.5. The molecule has 0 N–H and O–H groups in total. The molecular weight excluding hydrogens is 368 g/mol. The molecule has 0 bridgehead atoms. The summed E-state index contributed by atoms with van der Waals surface area (Å²) in [6.07, 6.45) is 9.76. The third-order valence-corrected chi connectivity index (χ3v) is 4.85. The van der Waals surface area contributed by atoms with E-state index in [0.29, 0.717) is 32.0 Å². The van der Waals surface area contributed by atoms with Crippen LogP contribution in [0.2, 0.25) is 0 Å². The molecule has 0 aliphatic heterocycles. The van der Waals surface area contributed by atoms with Crippen LogP contribution in [0.25, 0.3) is 0 Å². The first-order valence-electron chi connectivity index (χ1n) is 11.5. The van der Waals surface area contributed by atoms with E-state index in [1.807, 2.05) is 13.8 Å². The smallest absolute Gasteiger partial charge is 0.309 e. The molecule has 0 aromatic carbocycles. The topological polar surface area (TPSA) is 69.7 Å². The van der Waals surface area contributed by atoms with Crippen molar-refractivity contribution >= 4 is 17.7 Å². The van der Waals surface area contributed by atoms with E-state index in [4.69, 9.17) is 9.47 Å². The van der Waals surface area contributed by atoms with Gasteiger partial charge in [0.25, 0.3) is 0 Å². The summed E-state index contributed by atoms with van der Waals surface area (Å²) >= 11 is 0. The summed E-state index contributed by atoms with van der Waals surface area (Å²) in [7, 11) is 0. The van der Waals surface area contributed by atoms with Gasteiger partial charge in [-0.15, -0.1) is 0 Å². The molecule has 170 valence electrons. The summed E-state index contributed by atoms with van der Waals surface area (Å²) in [5.41, 5.74) is 0. The minimum absolute atomic E-state index is 0.109. The Balaban J connectivity index is 4.20. The van der Waals surface area contributed by atoms with Gasteiger partial charge in [0.2, 0.25) is 0 Å². The fourth-order valence-electron chi connectivity index (χ4n) is 2.98. The molecule has 5 heteroatoms. The van der Waals surface area contributed by atoms with Crippen molar-refractivity contribution in [2.45, 2.75) is 105 Å². The predicted molar refractivity (Wildman–Crippen MR) is 117 cm³/mol. The van der Waals surface area contributed by atoms with Crippen molar-refractivity contribution in [2.24, 2.45) is 17.8 Å². The van der Waals surface area contributed by atoms with Crippen LogP contribution in [-0.2, 0) is 23.9 Å². The molecule has 0 aromatic rings. The number of Topliss-reactive ketones (excluding diaryl/α,β-unsaturated/α-hetero) is 1. The van der Waals surface area contributed by atoms with Crippen molar-refractivity contribution in [1.29, 1.82) is 0 Å². The number of carbonyl (C=O) groups is 3. The summed E-state index contributed by atoms with van der Waals surface area (Å²) in [6.45, 7) is 10.6. The van der Waals surface area contributed by atoms with Crippen LogP contribution in [0.1, 0.15) is 105 Å². The molecule has 0 heterocycles. The lowest BCUT2D eigenvalue weighted by Gasteiger charge is -2.16. The second-order valence-corrected chi connectivity index (χ2v) is 9.04. The average molecular weight is 413 g/mol. The quantitative estimate of drug-likeness (QED) is 0.208. The molecule has 0 radical (unpaired) electrons. The molecule has 0 fully saturated rings. The number of ether oxygens (including phenoxy) is 2. The van der Waals surface area contributed by atoms with Gasteiger partial charge < -0.3 is 14.3 Å². The minimum Gasteiger partial charge on any atom is -0.465 e. The summed E-state index contributed by atoms with van der Waals surface area (Å²) < 4.78 is 10.7. The maximum atomic E-state index is 12.4. The van der Waals surface area contributed by atoms with E-state index in [1.165, 1.54) is 0 Å². The van der Waals surface area contributed by atoms with Gasteiger partial charge in [-0.25, -0.2) is 0 Å². The molecule has 1 atom stereocenters. The van der Waals surface area contributed by atoms with Gasteiger partial charge >= 0.3 is 11.9 Å². The van der Waals surface area contributed by atoms with Gasteiger partial charge in [0.05, 0.1) is 25.6 Å². The maximum absolute atomic E-state index is 12.4. The lowest BCUT2D eigenvalue weighted by atomic mass is 9.97. The van der Waals surface area contributed by atoms with Gasteiger partial charge in [-0.05, 0) is 38.0 Å². The van der Waals surface area contributed by atoms with E-state index in [0.717, 1.165) is 51.4 Å². The van der Waals surface area contributed by atoms with E-state index in [-0.39, 0.29) is 30.1 Å². The molecule has 1 unspecified atom stereocenters. The highest BCUT2D eigenvalue weighted by Crippen LogP contribution is 2.19. The average Bonchev–Trinajstić information content (AvgIpc) is 2.63. The zero-order valence-electron chi connectivity index (χ0n) is 19.5. The van der Waals surface area contributed by atoms with Crippen molar-refractivity contribution in [3.8, 4) is 0 Å². The number of unbranched alkanes of at least 4 members (excludes halogenated alkanes) is 6. The number of hydrogen-bond donors (Lipinski definition) is 0. The molecule has 5 nitrogen and oxygen atoms in total. The normalized spacial score (nSPS) is 12.2. The van der Waals surface area contributed by atoms with Crippen molar-refractivity contribution in [1.82, 2.24) is 0 Å². The number of ketones is 1. The first-order chi connectivity index (χ1) is 13.7. The van der Waals surface area contributed by atoms with E-state index < -0.39 is 5.92 Å². The third kappa shape index (κ3) is 18.4. The van der Waals surface area contributed by atoms with Gasteiger partial charge in [-0.1, -0.05) is 66.2 Å². The first kappa shape index (κ1) is 27.6. The van der Waals surface area contributed by atoms with Gasteiger partial charge in [0, 0.05) is 6.42 Å². The molecule has 0 spiro atoms. The molecule has 29 heavy (non-hydrogen) atoms. The Bertz CT molecular complexity index is 456. The first-order valence-corrected chi connectivity index (χ1v) is 11.5.